The lowest BCUT2D eigenvalue weighted by atomic mass is 10.2. The number of ether oxygens (including phenoxy) is 2. The molecule has 2 aliphatic rings. The molecule has 2 unspecified atom stereocenters. The predicted molar refractivity (Wildman–Crippen MR) is 68.5 cm³/mol. The molecule has 0 aliphatic carbocycles. The van der Waals surface area contributed by atoms with Crippen LogP contribution in [-0.2, 0) is 14.3 Å². The minimum absolute atomic E-state index is 0.0882. The minimum Gasteiger partial charge on any atom is -0.376 e. The van der Waals surface area contributed by atoms with Gasteiger partial charge in [0.25, 0.3) is 5.91 Å². The molecule has 0 spiro atoms. The summed E-state index contributed by atoms with van der Waals surface area (Å²) in [5.41, 5.74) is 0. The zero-order chi connectivity index (χ0) is 12.8. The van der Waals surface area contributed by atoms with Gasteiger partial charge < -0.3 is 19.7 Å². The van der Waals surface area contributed by atoms with Crippen LogP contribution in [0.15, 0.2) is 0 Å². The fraction of sp³-hybridized carbons (Fsp3) is 0.923. The highest BCUT2D eigenvalue weighted by atomic mass is 16.6. The number of amides is 1. The van der Waals surface area contributed by atoms with Gasteiger partial charge in [-0.1, -0.05) is 6.92 Å². The van der Waals surface area contributed by atoms with Crippen LogP contribution in [0.1, 0.15) is 26.2 Å². The van der Waals surface area contributed by atoms with E-state index in [1.54, 1.807) is 0 Å². The maximum absolute atomic E-state index is 12.4. The average molecular weight is 256 g/mol. The van der Waals surface area contributed by atoms with Crippen LogP contribution in [0.3, 0.4) is 0 Å². The molecule has 104 valence electrons. The van der Waals surface area contributed by atoms with E-state index in [9.17, 15) is 4.79 Å². The Morgan fingerprint density at radius 1 is 1.44 bits per heavy atom. The first kappa shape index (κ1) is 13.8. The van der Waals surface area contributed by atoms with Gasteiger partial charge in [0.2, 0.25) is 0 Å². The van der Waals surface area contributed by atoms with E-state index in [0.29, 0.717) is 25.9 Å². The van der Waals surface area contributed by atoms with Gasteiger partial charge >= 0.3 is 0 Å². The fourth-order valence-corrected chi connectivity index (χ4v) is 2.57. The maximum Gasteiger partial charge on any atom is 0.254 e. The van der Waals surface area contributed by atoms with Crippen LogP contribution in [0.25, 0.3) is 0 Å². The summed E-state index contributed by atoms with van der Waals surface area (Å²) in [6.07, 6.45) is 2.95. The Labute approximate surface area is 109 Å². The standard InChI is InChI=1S/C13H24N2O3/c1-2-6-15(9-11-4-3-5-14-11)13(16)12-10-17-7-8-18-12/h11-12,14H,2-10H2,1H3. The SMILES string of the molecule is CCCN(CC1CCCN1)C(=O)C1COCCO1. The molecule has 2 heterocycles. The van der Waals surface area contributed by atoms with Crippen molar-refractivity contribution in [2.75, 3.05) is 39.5 Å². The Hall–Kier alpha value is -0.650. The molecule has 2 fully saturated rings. The van der Waals surface area contributed by atoms with Crippen LogP contribution in [0.5, 0.6) is 0 Å². The van der Waals surface area contributed by atoms with Gasteiger partial charge in [0, 0.05) is 19.1 Å². The number of rotatable bonds is 5. The second-order valence-corrected chi connectivity index (χ2v) is 5.01. The molecule has 2 atom stereocenters. The van der Waals surface area contributed by atoms with E-state index < -0.39 is 6.10 Å². The summed E-state index contributed by atoms with van der Waals surface area (Å²) >= 11 is 0. The topological polar surface area (TPSA) is 50.8 Å². The van der Waals surface area contributed by atoms with E-state index >= 15 is 0 Å². The molecular formula is C13H24N2O3. The first-order valence-electron chi connectivity index (χ1n) is 7.02. The molecule has 1 N–H and O–H groups in total. The fourth-order valence-electron chi connectivity index (χ4n) is 2.57. The lowest BCUT2D eigenvalue weighted by Gasteiger charge is -2.31. The molecule has 18 heavy (non-hydrogen) atoms. The quantitative estimate of drug-likeness (QED) is 0.773. The number of carbonyl (C=O) groups is 1. The van der Waals surface area contributed by atoms with Crippen molar-refractivity contribution in [2.24, 2.45) is 0 Å². The largest absolute Gasteiger partial charge is 0.376 e. The molecule has 2 saturated heterocycles. The van der Waals surface area contributed by atoms with Gasteiger partial charge in [0.15, 0.2) is 6.10 Å². The molecular weight excluding hydrogens is 232 g/mol. The van der Waals surface area contributed by atoms with E-state index in [-0.39, 0.29) is 5.91 Å². The van der Waals surface area contributed by atoms with Crippen molar-refractivity contribution in [1.82, 2.24) is 10.2 Å². The smallest absolute Gasteiger partial charge is 0.254 e. The number of nitrogens with one attached hydrogen (secondary N) is 1. The zero-order valence-corrected chi connectivity index (χ0v) is 11.2. The maximum atomic E-state index is 12.4. The molecule has 5 nitrogen and oxygen atoms in total. The van der Waals surface area contributed by atoms with E-state index in [1.165, 1.54) is 6.42 Å². The van der Waals surface area contributed by atoms with Crippen LogP contribution >= 0.6 is 0 Å². The minimum atomic E-state index is -0.397. The first-order chi connectivity index (χ1) is 8.81. The van der Waals surface area contributed by atoms with Crippen LogP contribution in [0.2, 0.25) is 0 Å². The van der Waals surface area contributed by atoms with Crippen molar-refractivity contribution in [3.8, 4) is 0 Å². The summed E-state index contributed by atoms with van der Waals surface area (Å²) in [5.74, 6) is 0.0882. The van der Waals surface area contributed by atoms with Gasteiger partial charge in [0.1, 0.15) is 0 Å². The van der Waals surface area contributed by atoms with Crippen molar-refractivity contribution in [1.29, 1.82) is 0 Å². The van der Waals surface area contributed by atoms with Crippen LogP contribution < -0.4 is 5.32 Å². The van der Waals surface area contributed by atoms with Gasteiger partial charge in [0.05, 0.1) is 19.8 Å². The van der Waals surface area contributed by atoms with Gasteiger partial charge in [-0.2, -0.15) is 0 Å². The molecule has 0 aromatic carbocycles. The summed E-state index contributed by atoms with van der Waals surface area (Å²) in [7, 11) is 0. The lowest BCUT2D eigenvalue weighted by Crippen LogP contribution is -2.49. The Morgan fingerprint density at radius 3 is 2.94 bits per heavy atom. The Morgan fingerprint density at radius 2 is 2.33 bits per heavy atom. The second-order valence-electron chi connectivity index (χ2n) is 5.01. The third-order valence-corrected chi connectivity index (χ3v) is 3.50. The number of nitrogens with zero attached hydrogens (tertiary/aromatic N) is 1. The molecule has 2 rings (SSSR count). The Kier molecular flexibility index (Phi) is 5.41. The summed E-state index contributed by atoms with van der Waals surface area (Å²) in [4.78, 5) is 14.3. The monoisotopic (exact) mass is 256 g/mol. The van der Waals surface area contributed by atoms with Crippen LogP contribution in [0.4, 0.5) is 0 Å². The third kappa shape index (κ3) is 3.67. The van der Waals surface area contributed by atoms with Crippen molar-refractivity contribution in [2.45, 2.75) is 38.3 Å². The first-order valence-corrected chi connectivity index (χ1v) is 7.02. The van der Waals surface area contributed by atoms with Crippen molar-refractivity contribution >= 4 is 5.91 Å². The van der Waals surface area contributed by atoms with Crippen molar-refractivity contribution in [3.63, 3.8) is 0 Å². The Balaban J connectivity index is 1.87. The highest BCUT2D eigenvalue weighted by molar-refractivity contribution is 5.81. The summed E-state index contributed by atoms with van der Waals surface area (Å²) in [6.45, 7) is 6.29. The van der Waals surface area contributed by atoms with Gasteiger partial charge in [-0.25, -0.2) is 0 Å². The second kappa shape index (κ2) is 7.07. The molecule has 5 heteroatoms. The van der Waals surface area contributed by atoms with Gasteiger partial charge in [-0.3, -0.25) is 4.79 Å². The molecule has 0 bridgehead atoms. The van der Waals surface area contributed by atoms with Crippen LogP contribution in [-0.4, -0.2) is 62.4 Å². The molecule has 2 aliphatic heterocycles. The third-order valence-electron chi connectivity index (χ3n) is 3.50. The Bertz CT molecular complexity index is 261. The summed E-state index contributed by atoms with van der Waals surface area (Å²) in [5, 5.41) is 3.44. The number of hydrogen-bond donors (Lipinski definition) is 1. The highest BCUT2D eigenvalue weighted by Crippen LogP contribution is 2.11. The van der Waals surface area contributed by atoms with Crippen LogP contribution in [0, 0.1) is 0 Å². The molecule has 1 amide bonds. The van der Waals surface area contributed by atoms with E-state index in [4.69, 9.17) is 9.47 Å². The zero-order valence-electron chi connectivity index (χ0n) is 11.2. The average Bonchev–Trinajstić information content (AvgIpc) is 2.91. The molecule has 0 saturated carbocycles. The van der Waals surface area contributed by atoms with Crippen molar-refractivity contribution in [3.05, 3.63) is 0 Å². The predicted octanol–water partition coefficient (Wildman–Crippen LogP) is 0.392. The van der Waals surface area contributed by atoms with Crippen molar-refractivity contribution < 1.29 is 14.3 Å². The highest BCUT2D eigenvalue weighted by Gasteiger charge is 2.29. The molecule has 0 radical (unpaired) electrons. The van der Waals surface area contributed by atoms with E-state index in [0.717, 1.165) is 32.5 Å². The van der Waals surface area contributed by atoms with Gasteiger partial charge in [-0.15, -0.1) is 0 Å². The van der Waals surface area contributed by atoms with Gasteiger partial charge in [-0.05, 0) is 25.8 Å². The van der Waals surface area contributed by atoms with E-state index in [2.05, 4.69) is 12.2 Å². The normalized spacial score (nSPS) is 28.3. The number of carbonyl (C=O) groups excluding carboxylic acids is 1. The van der Waals surface area contributed by atoms with E-state index in [1.807, 2.05) is 4.90 Å². The summed E-state index contributed by atoms with van der Waals surface area (Å²) < 4.78 is 10.8. The summed E-state index contributed by atoms with van der Waals surface area (Å²) in [6, 6.07) is 0.449. The molecule has 0 aromatic heterocycles. The number of hydrogen-bond acceptors (Lipinski definition) is 4. The molecule has 0 aromatic rings. The lowest BCUT2D eigenvalue weighted by molar-refractivity contribution is -0.158.